The number of alkyl halides is 2. The fourth-order valence-corrected chi connectivity index (χ4v) is 2.78. The van der Waals surface area contributed by atoms with Gasteiger partial charge in [0.05, 0.1) is 7.11 Å². The molecule has 0 radical (unpaired) electrons. The third-order valence-corrected chi connectivity index (χ3v) is 3.68. The zero-order chi connectivity index (χ0) is 13.2. The highest BCUT2D eigenvalue weighted by Gasteiger charge is 2.42. The van der Waals surface area contributed by atoms with Gasteiger partial charge >= 0.3 is 0 Å². The van der Waals surface area contributed by atoms with Gasteiger partial charge in [0.15, 0.2) is 0 Å². The Hall–Kier alpha value is -1.16. The van der Waals surface area contributed by atoms with E-state index in [0.717, 1.165) is 11.3 Å². The van der Waals surface area contributed by atoms with Crippen LogP contribution < -0.4 is 10.1 Å². The maximum atomic E-state index is 13.3. The zero-order valence-corrected chi connectivity index (χ0v) is 10.7. The molecule has 2 nitrogen and oxygen atoms in total. The van der Waals surface area contributed by atoms with Gasteiger partial charge in [0, 0.05) is 18.9 Å². The molecule has 0 bridgehead atoms. The van der Waals surface area contributed by atoms with Gasteiger partial charge in [0.25, 0.3) is 0 Å². The first-order valence-electron chi connectivity index (χ1n) is 6.25. The Morgan fingerprint density at radius 1 is 1.44 bits per heavy atom. The van der Waals surface area contributed by atoms with Crippen molar-refractivity contribution in [2.75, 3.05) is 14.2 Å². The number of hydrogen-bond donors (Lipinski definition) is 1. The molecule has 1 aliphatic rings. The summed E-state index contributed by atoms with van der Waals surface area (Å²) < 4.78 is 31.8. The van der Waals surface area contributed by atoms with Crippen molar-refractivity contribution in [3.05, 3.63) is 29.8 Å². The van der Waals surface area contributed by atoms with E-state index in [1.54, 1.807) is 7.11 Å². The molecule has 18 heavy (non-hydrogen) atoms. The Labute approximate surface area is 106 Å². The molecule has 0 saturated heterocycles. The topological polar surface area (TPSA) is 21.3 Å². The third kappa shape index (κ3) is 2.80. The van der Waals surface area contributed by atoms with Crippen LogP contribution in [0, 0.1) is 5.92 Å². The van der Waals surface area contributed by atoms with Crippen molar-refractivity contribution in [2.24, 2.45) is 5.92 Å². The SMILES string of the molecule is CNC(c1cccc(OC)c1)C1CCC(F)(F)C1. The van der Waals surface area contributed by atoms with E-state index in [9.17, 15) is 8.78 Å². The van der Waals surface area contributed by atoms with E-state index >= 15 is 0 Å². The standard InChI is InChI=1S/C14H19F2NO/c1-17-13(11-6-7-14(15,16)9-11)10-4-3-5-12(8-10)18-2/h3-5,8,11,13,17H,6-7,9H2,1-2H3. The normalized spacial score (nSPS) is 23.9. The molecule has 2 atom stereocenters. The van der Waals surface area contributed by atoms with Gasteiger partial charge in [0.2, 0.25) is 5.92 Å². The van der Waals surface area contributed by atoms with Crippen LogP contribution in [0.2, 0.25) is 0 Å². The van der Waals surface area contributed by atoms with Crippen LogP contribution in [0.4, 0.5) is 8.78 Å². The lowest BCUT2D eigenvalue weighted by molar-refractivity contribution is 0.00340. The van der Waals surface area contributed by atoms with Gasteiger partial charge in [-0.15, -0.1) is 0 Å². The Bertz CT molecular complexity index is 409. The lowest BCUT2D eigenvalue weighted by atomic mass is 9.91. The summed E-state index contributed by atoms with van der Waals surface area (Å²) in [5.74, 6) is -1.76. The molecule has 0 spiro atoms. The van der Waals surface area contributed by atoms with Crippen molar-refractivity contribution >= 4 is 0 Å². The minimum absolute atomic E-state index is 0.000183. The highest BCUT2D eigenvalue weighted by atomic mass is 19.3. The van der Waals surface area contributed by atoms with E-state index in [1.165, 1.54) is 0 Å². The van der Waals surface area contributed by atoms with Crippen LogP contribution in [0.1, 0.15) is 30.9 Å². The maximum Gasteiger partial charge on any atom is 0.248 e. The molecule has 1 fully saturated rings. The third-order valence-electron chi connectivity index (χ3n) is 3.68. The number of ether oxygens (including phenoxy) is 1. The minimum Gasteiger partial charge on any atom is -0.497 e. The monoisotopic (exact) mass is 255 g/mol. The van der Waals surface area contributed by atoms with Crippen LogP contribution in [0.25, 0.3) is 0 Å². The molecule has 1 aromatic carbocycles. The maximum absolute atomic E-state index is 13.3. The number of rotatable bonds is 4. The Morgan fingerprint density at radius 3 is 2.78 bits per heavy atom. The molecule has 1 aromatic rings. The number of benzene rings is 1. The molecular formula is C14H19F2NO. The second kappa shape index (κ2) is 5.22. The van der Waals surface area contributed by atoms with Gasteiger partial charge in [-0.05, 0) is 37.1 Å². The molecular weight excluding hydrogens is 236 g/mol. The summed E-state index contributed by atoms with van der Waals surface area (Å²) in [6.45, 7) is 0. The molecule has 1 N–H and O–H groups in total. The van der Waals surface area contributed by atoms with E-state index in [0.29, 0.717) is 6.42 Å². The van der Waals surface area contributed by atoms with Crippen molar-refractivity contribution in [2.45, 2.75) is 31.2 Å². The average molecular weight is 255 g/mol. The van der Waals surface area contributed by atoms with Crippen LogP contribution >= 0.6 is 0 Å². The second-order valence-electron chi connectivity index (χ2n) is 4.90. The smallest absolute Gasteiger partial charge is 0.248 e. The summed E-state index contributed by atoms with van der Waals surface area (Å²) in [5, 5.41) is 3.16. The Balaban J connectivity index is 2.18. The minimum atomic E-state index is -2.50. The van der Waals surface area contributed by atoms with Crippen molar-refractivity contribution in [3.8, 4) is 5.75 Å². The van der Waals surface area contributed by atoms with Crippen LogP contribution in [-0.4, -0.2) is 20.1 Å². The van der Waals surface area contributed by atoms with Crippen LogP contribution in [0.3, 0.4) is 0 Å². The number of methoxy groups -OCH3 is 1. The molecule has 2 unspecified atom stereocenters. The molecule has 0 amide bonds. The molecule has 0 aliphatic heterocycles. The number of nitrogens with one attached hydrogen (secondary N) is 1. The Morgan fingerprint density at radius 2 is 2.22 bits per heavy atom. The molecule has 2 rings (SSSR count). The van der Waals surface area contributed by atoms with E-state index in [2.05, 4.69) is 5.32 Å². The molecule has 0 aromatic heterocycles. The molecule has 100 valence electrons. The first-order valence-corrected chi connectivity index (χ1v) is 6.25. The summed E-state index contributed by atoms with van der Waals surface area (Å²) in [6.07, 6.45) is 0.533. The summed E-state index contributed by atoms with van der Waals surface area (Å²) in [7, 11) is 3.43. The van der Waals surface area contributed by atoms with Gasteiger partial charge < -0.3 is 10.1 Å². The lowest BCUT2D eigenvalue weighted by Gasteiger charge is -2.24. The van der Waals surface area contributed by atoms with E-state index < -0.39 is 5.92 Å². The van der Waals surface area contributed by atoms with Crippen molar-refractivity contribution in [1.82, 2.24) is 5.32 Å². The largest absolute Gasteiger partial charge is 0.497 e. The molecule has 1 saturated carbocycles. The summed E-state index contributed by atoms with van der Waals surface area (Å²) in [5.41, 5.74) is 1.01. The van der Waals surface area contributed by atoms with E-state index in [1.807, 2.05) is 31.3 Å². The quantitative estimate of drug-likeness (QED) is 0.890. The van der Waals surface area contributed by atoms with E-state index in [-0.39, 0.29) is 24.8 Å². The molecule has 1 aliphatic carbocycles. The number of halogens is 2. The fourth-order valence-electron chi connectivity index (χ4n) is 2.78. The van der Waals surface area contributed by atoms with Gasteiger partial charge in [-0.25, -0.2) is 8.78 Å². The van der Waals surface area contributed by atoms with Crippen molar-refractivity contribution in [3.63, 3.8) is 0 Å². The van der Waals surface area contributed by atoms with Crippen LogP contribution in [0.15, 0.2) is 24.3 Å². The summed E-state index contributed by atoms with van der Waals surface area (Å²) in [6, 6.07) is 7.59. The van der Waals surface area contributed by atoms with Gasteiger partial charge in [0.1, 0.15) is 5.75 Å². The van der Waals surface area contributed by atoms with Crippen LogP contribution in [-0.2, 0) is 0 Å². The first kappa shape index (κ1) is 13.3. The molecule has 4 heteroatoms. The fraction of sp³-hybridized carbons (Fsp3) is 0.571. The van der Waals surface area contributed by atoms with E-state index in [4.69, 9.17) is 4.74 Å². The van der Waals surface area contributed by atoms with Crippen LogP contribution in [0.5, 0.6) is 5.75 Å². The second-order valence-corrected chi connectivity index (χ2v) is 4.90. The van der Waals surface area contributed by atoms with Crippen molar-refractivity contribution < 1.29 is 13.5 Å². The van der Waals surface area contributed by atoms with Crippen molar-refractivity contribution in [1.29, 1.82) is 0 Å². The highest BCUT2D eigenvalue weighted by molar-refractivity contribution is 5.31. The summed E-state index contributed by atoms with van der Waals surface area (Å²) in [4.78, 5) is 0. The zero-order valence-electron chi connectivity index (χ0n) is 10.7. The Kier molecular flexibility index (Phi) is 3.85. The predicted molar refractivity (Wildman–Crippen MR) is 67.1 cm³/mol. The highest BCUT2D eigenvalue weighted by Crippen LogP contribution is 2.44. The van der Waals surface area contributed by atoms with Gasteiger partial charge in [-0.3, -0.25) is 0 Å². The number of hydrogen-bond acceptors (Lipinski definition) is 2. The molecule has 0 heterocycles. The van der Waals surface area contributed by atoms with Gasteiger partial charge in [-0.1, -0.05) is 12.1 Å². The average Bonchev–Trinajstić information content (AvgIpc) is 2.71. The predicted octanol–water partition coefficient (Wildman–Crippen LogP) is 3.39. The lowest BCUT2D eigenvalue weighted by Crippen LogP contribution is -2.25. The van der Waals surface area contributed by atoms with Gasteiger partial charge in [-0.2, -0.15) is 0 Å². The first-order chi connectivity index (χ1) is 8.55. The summed E-state index contributed by atoms with van der Waals surface area (Å²) >= 11 is 0.